The fraction of sp³-hybridized carbons (Fsp3) is 0.600. The van der Waals surface area contributed by atoms with Gasteiger partial charge in [0, 0.05) is 5.46 Å². The Morgan fingerprint density at radius 3 is 2.29 bits per heavy atom. The van der Waals surface area contributed by atoms with Crippen molar-refractivity contribution in [3.8, 4) is 5.75 Å². The van der Waals surface area contributed by atoms with Crippen molar-refractivity contribution in [2.24, 2.45) is 0 Å². The van der Waals surface area contributed by atoms with Crippen LogP contribution in [0.15, 0.2) is 18.2 Å². The van der Waals surface area contributed by atoms with Gasteiger partial charge in [-0.1, -0.05) is 23.7 Å². The summed E-state index contributed by atoms with van der Waals surface area (Å²) in [6.07, 6.45) is 0.0797. The standard InChI is InChI=1S/C15H20BClO4/c1-14(2)15(3,4)21-16(20-14)11-6-5-7-12(13(11)17)19-10-8-18-9-10/h5-7,10H,8-9H2,1-4H3. The van der Waals surface area contributed by atoms with Crippen LogP contribution in [0.2, 0.25) is 5.02 Å². The van der Waals surface area contributed by atoms with Gasteiger partial charge in [0.2, 0.25) is 0 Å². The summed E-state index contributed by atoms with van der Waals surface area (Å²) in [4.78, 5) is 0. The normalized spacial score (nSPS) is 24.0. The van der Waals surface area contributed by atoms with Crippen molar-refractivity contribution in [3.05, 3.63) is 23.2 Å². The summed E-state index contributed by atoms with van der Waals surface area (Å²) in [6, 6.07) is 5.67. The van der Waals surface area contributed by atoms with Gasteiger partial charge < -0.3 is 18.8 Å². The zero-order chi connectivity index (χ0) is 15.3. The zero-order valence-electron chi connectivity index (χ0n) is 12.8. The first-order chi connectivity index (χ1) is 9.80. The lowest BCUT2D eigenvalue weighted by molar-refractivity contribution is -0.0796. The second-order valence-electron chi connectivity index (χ2n) is 6.52. The molecule has 1 aromatic carbocycles. The van der Waals surface area contributed by atoms with E-state index in [1.54, 1.807) is 0 Å². The van der Waals surface area contributed by atoms with E-state index in [0.29, 0.717) is 24.0 Å². The fourth-order valence-corrected chi connectivity index (χ4v) is 2.49. The van der Waals surface area contributed by atoms with Gasteiger partial charge in [0.05, 0.1) is 29.4 Å². The summed E-state index contributed by atoms with van der Waals surface area (Å²) in [5, 5.41) is 0.544. The van der Waals surface area contributed by atoms with E-state index in [2.05, 4.69) is 0 Å². The van der Waals surface area contributed by atoms with Crippen molar-refractivity contribution >= 4 is 24.2 Å². The Morgan fingerprint density at radius 1 is 1.14 bits per heavy atom. The van der Waals surface area contributed by atoms with Crippen LogP contribution in [-0.2, 0) is 14.0 Å². The molecule has 4 nitrogen and oxygen atoms in total. The zero-order valence-corrected chi connectivity index (χ0v) is 13.6. The van der Waals surface area contributed by atoms with E-state index in [-0.39, 0.29) is 17.3 Å². The first-order valence-electron chi connectivity index (χ1n) is 7.19. The smallest absolute Gasteiger partial charge is 0.484 e. The van der Waals surface area contributed by atoms with E-state index in [1.165, 1.54) is 0 Å². The Bertz CT molecular complexity index is 526. The molecule has 3 rings (SSSR count). The Balaban J connectivity index is 1.84. The van der Waals surface area contributed by atoms with Gasteiger partial charge in [-0.05, 0) is 33.8 Å². The SMILES string of the molecule is CC1(C)OB(c2cccc(OC3COC3)c2Cl)OC1(C)C. The number of halogens is 1. The van der Waals surface area contributed by atoms with Crippen molar-refractivity contribution in [2.75, 3.05) is 13.2 Å². The lowest BCUT2D eigenvalue weighted by Crippen LogP contribution is -2.41. The molecule has 1 aromatic rings. The van der Waals surface area contributed by atoms with E-state index in [1.807, 2.05) is 45.9 Å². The molecular formula is C15H20BClO4. The van der Waals surface area contributed by atoms with Gasteiger partial charge in [0.25, 0.3) is 0 Å². The fourth-order valence-electron chi connectivity index (χ4n) is 2.23. The van der Waals surface area contributed by atoms with Crippen molar-refractivity contribution in [1.29, 1.82) is 0 Å². The predicted octanol–water partition coefficient (Wildman–Crippen LogP) is 2.42. The number of rotatable bonds is 3. The highest BCUT2D eigenvalue weighted by atomic mass is 35.5. The van der Waals surface area contributed by atoms with E-state index >= 15 is 0 Å². The maximum absolute atomic E-state index is 6.47. The molecule has 2 heterocycles. The van der Waals surface area contributed by atoms with Crippen LogP contribution in [0, 0.1) is 0 Å². The topological polar surface area (TPSA) is 36.9 Å². The molecule has 0 aliphatic carbocycles. The lowest BCUT2D eigenvalue weighted by Gasteiger charge is -2.32. The highest BCUT2D eigenvalue weighted by Gasteiger charge is 2.52. The van der Waals surface area contributed by atoms with Crippen molar-refractivity contribution in [1.82, 2.24) is 0 Å². The molecule has 21 heavy (non-hydrogen) atoms. The van der Waals surface area contributed by atoms with E-state index < -0.39 is 7.12 Å². The molecule has 0 unspecified atom stereocenters. The summed E-state index contributed by atoms with van der Waals surface area (Å²) in [7, 11) is -0.483. The average molecular weight is 311 g/mol. The van der Waals surface area contributed by atoms with Gasteiger partial charge in [-0.2, -0.15) is 0 Å². The summed E-state index contributed by atoms with van der Waals surface area (Å²) in [5.74, 6) is 0.650. The van der Waals surface area contributed by atoms with Crippen molar-refractivity contribution in [2.45, 2.75) is 45.0 Å². The van der Waals surface area contributed by atoms with Crippen LogP contribution in [0.3, 0.4) is 0 Å². The minimum Gasteiger partial charge on any atom is -0.484 e. The van der Waals surface area contributed by atoms with Crippen LogP contribution >= 0.6 is 11.6 Å². The molecule has 0 atom stereocenters. The second-order valence-corrected chi connectivity index (χ2v) is 6.90. The third-order valence-electron chi connectivity index (χ3n) is 4.40. The van der Waals surface area contributed by atoms with Crippen LogP contribution in [-0.4, -0.2) is 37.6 Å². The number of benzene rings is 1. The summed E-state index contributed by atoms with van der Waals surface area (Å²) in [5.41, 5.74) is 0.0207. The molecule has 0 amide bonds. The largest absolute Gasteiger partial charge is 0.496 e. The van der Waals surface area contributed by atoms with E-state index in [4.69, 9.17) is 30.4 Å². The van der Waals surface area contributed by atoms with Gasteiger partial charge in [-0.15, -0.1) is 0 Å². The molecule has 0 aromatic heterocycles. The van der Waals surface area contributed by atoms with Crippen LogP contribution in [0.5, 0.6) is 5.75 Å². The average Bonchev–Trinajstić information content (AvgIpc) is 2.54. The van der Waals surface area contributed by atoms with Gasteiger partial charge in [0.15, 0.2) is 0 Å². The van der Waals surface area contributed by atoms with Crippen LogP contribution < -0.4 is 10.2 Å². The monoisotopic (exact) mass is 310 g/mol. The Labute approximate surface area is 130 Å². The van der Waals surface area contributed by atoms with Crippen molar-refractivity contribution < 1.29 is 18.8 Å². The second kappa shape index (κ2) is 5.16. The first kappa shape index (κ1) is 15.2. The minimum absolute atomic E-state index is 0.0797. The molecule has 6 heteroatoms. The first-order valence-corrected chi connectivity index (χ1v) is 7.56. The summed E-state index contributed by atoms with van der Waals surface area (Å²) < 4.78 is 23.0. The molecule has 2 aliphatic rings. The molecule has 2 aliphatic heterocycles. The molecule has 2 saturated heterocycles. The minimum atomic E-state index is -0.483. The van der Waals surface area contributed by atoms with Crippen LogP contribution in [0.4, 0.5) is 0 Å². The highest BCUT2D eigenvalue weighted by Crippen LogP contribution is 2.37. The molecule has 0 radical (unpaired) electrons. The van der Waals surface area contributed by atoms with Crippen LogP contribution in [0.1, 0.15) is 27.7 Å². The number of hydrogen-bond acceptors (Lipinski definition) is 4. The van der Waals surface area contributed by atoms with E-state index in [9.17, 15) is 0 Å². The Kier molecular flexibility index (Phi) is 3.73. The van der Waals surface area contributed by atoms with Crippen molar-refractivity contribution in [3.63, 3.8) is 0 Å². The van der Waals surface area contributed by atoms with Gasteiger partial charge in [-0.25, -0.2) is 0 Å². The molecule has 0 N–H and O–H groups in total. The number of ether oxygens (including phenoxy) is 2. The maximum atomic E-state index is 6.47. The Morgan fingerprint density at radius 2 is 1.76 bits per heavy atom. The molecule has 0 bridgehead atoms. The number of hydrogen-bond donors (Lipinski definition) is 0. The molecule has 0 spiro atoms. The third kappa shape index (κ3) is 2.68. The molecular weight excluding hydrogens is 290 g/mol. The highest BCUT2D eigenvalue weighted by molar-refractivity contribution is 6.66. The predicted molar refractivity (Wildman–Crippen MR) is 82.4 cm³/mol. The molecule has 114 valence electrons. The van der Waals surface area contributed by atoms with Gasteiger partial charge >= 0.3 is 7.12 Å². The summed E-state index contributed by atoms with van der Waals surface area (Å²) >= 11 is 6.47. The van der Waals surface area contributed by atoms with E-state index in [0.717, 1.165) is 5.46 Å². The van der Waals surface area contributed by atoms with Gasteiger partial charge in [-0.3, -0.25) is 0 Å². The third-order valence-corrected chi connectivity index (χ3v) is 4.81. The lowest BCUT2D eigenvalue weighted by atomic mass is 9.79. The quantitative estimate of drug-likeness (QED) is 0.804. The Hall–Kier alpha value is -0.745. The maximum Gasteiger partial charge on any atom is 0.496 e. The molecule has 0 saturated carbocycles. The molecule has 2 fully saturated rings. The van der Waals surface area contributed by atoms with Crippen LogP contribution in [0.25, 0.3) is 0 Å². The summed E-state index contributed by atoms with van der Waals surface area (Å²) in [6.45, 7) is 9.30. The van der Waals surface area contributed by atoms with Gasteiger partial charge in [0.1, 0.15) is 11.9 Å².